The van der Waals surface area contributed by atoms with Crippen LogP contribution in [0.1, 0.15) is 33.3 Å². The summed E-state index contributed by atoms with van der Waals surface area (Å²) in [7, 11) is -3.88. The van der Waals surface area contributed by atoms with E-state index in [1.54, 1.807) is 6.92 Å². The lowest BCUT2D eigenvalue weighted by Gasteiger charge is -2.33. The van der Waals surface area contributed by atoms with Crippen molar-refractivity contribution in [3.8, 4) is 0 Å². The van der Waals surface area contributed by atoms with Crippen LogP contribution in [-0.4, -0.2) is 49.5 Å². The molecule has 0 heterocycles. The Morgan fingerprint density at radius 2 is 1.68 bits per heavy atom. The molecule has 0 saturated carbocycles. The van der Waals surface area contributed by atoms with Crippen LogP contribution in [0.15, 0.2) is 46.9 Å². The van der Waals surface area contributed by atoms with Gasteiger partial charge < -0.3 is 10.2 Å². The molecule has 1 N–H and O–H groups in total. The number of amides is 2. The summed E-state index contributed by atoms with van der Waals surface area (Å²) in [6.45, 7) is 6.70. The highest BCUT2D eigenvalue weighted by Gasteiger charge is 2.32. The number of nitrogens with zero attached hydrogens (tertiary/aromatic N) is 2. The number of carbonyl (C=O) groups is 2. The molecule has 1 unspecified atom stereocenters. The minimum atomic E-state index is -3.88. The van der Waals surface area contributed by atoms with Gasteiger partial charge in [0.2, 0.25) is 21.8 Å². The molecule has 0 spiro atoms. The Morgan fingerprint density at radius 1 is 1.09 bits per heavy atom. The Bertz CT molecular complexity index is 1150. The van der Waals surface area contributed by atoms with Crippen molar-refractivity contribution in [3.05, 3.63) is 62.5 Å². The highest BCUT2D eigenvalue weighted by molar-refractivity contribution is 9.10. The second-order valence-corrected chi connectivity index (χ2v) is 12.6. The average molecular weight is 593 g/mol. The number of rotatable bonds is 8. The minimum Gasteiger partial charge on any atom is -0.350 e. The number of benzene rings is 2. The zero-order valence-electron chi connectivity index (χ0n) is 19.6. The van der Waals surface area contributed by atoms with Crippen molar-refractivity contribution in [2.45, 2.75) is 45.8 Å². The topological polar surface area (TPSA) is 86.8 Å². The number of sulfonamides is 1. The summed E-state index contributed by atoms with van der Waals surface area (Å²) in [6.07, 6.45) is 0.986. The van der Waals surface area contributed by atoms with Crippen molar-refractivity contribution < 1.29 is 18.0 Å². The van der Waals surface area contributed by atoms with Gasteiger partial charge in [-0.3, -0.25) is 13.9 Å². The Labute approximate surface area is 219 Å². The molecule has 2 aromatic carbocycles. The lowest BCUT2D eigenvalue weighted by Crippen LogP contribution is -2.54. The molecular formula is C23H28BrCl2N3O4S. The molecule has 0 aromatic heterocycles. The maximum Gasteiger partial charge on any atom is 0.244 e. The number of carbonyl (C=O) groups excluding carboxylic acids is 2. The second kappa shape index (κ2) is 11.3. The molecule has 0 aliphatic carbocycles. The number of nitrogens with one attached hydrogen (secondary N) is 1. The predicted octanol–water partition coefficient (Wildman–Crippen LogP) is 4.85. The SMILES string of the molecule is CC(C(=O)NC(C)(C)C)N(Cc1ccc(Br)cc1)C(=O)CN(c1ccc(Cl)cc1Cl)S(C)(=O)=O. The first-order valence-corrected chi connectivity index (χ1v) is 13.8. The van der Waals surface area contributed by atoms with E-state index in [9.17, 15) is 18.0 Å². The minimum absolute atomic E-state index is 0.0868. The number of hydrogen-bond acceptors (Lipinski definition) is 4. The molecule has 34 heavy (non-hydrogen) atoms. The Morgan fingerprint density at radius 3 is 2.18 bits per heavy atom. The average Bonchev–Trinajstić information content (AvgIpc) is 2.69. The first-order valence-electron chi connectivity index (χ1n) is 10.4. The molecule has 11 heteroatoms. The van der Waals surface area contributed by atoms with E-state index in [0.717, 1.165) is 20.6 Å². The van der Waals surface area contributed by atoms with E-state index < -0.39 is 34.1 Å². The van der Waals surface area contributed by atoms with Gasteiger partial charge in [0.25, 0.3) is 0 Å². The predicted molar refractivity (Wildman–Crippen MR) is 141 cm³/mol. The van der Waals surface area contributed by atoms with E-state index in [4.69, 9.17) is 23.2 Å². The van der Waals surface area contributed by atoms with Crippen LogP contribution in [0.25, 0.3) is 0 Å². The molecule has 1 atom stereocenters. The van der Waals surface area contributed by atoms with E-state index in [1.165, 1.54) is 23.1 Å². The fraction of sp³-hybridized carbons (Fsp3) is 0.391. The highest BCUT2D eigenvalue weighted by atomic mass is 79.9. The zero-order valence-corrected chi connectivity index (χ0v) is 23.5. The van der Waals surface area contributed by atoms with Crippen LogP contribution < -0.4 is 9.62 Å². The molecule has 0 bridgehead atoms. The Kier molecular flexibility index (Phi) is 9.44. The third kappa shape index (κ3) is 8.15. The van der Waals surface area contributed by atoms with Crippen LogP contribution >= 0.6 is 39.1 Å². The summed E-state index contributed by atoms with van der Waals surface area (Å²) in [4.78, 5) is 27.8. The van der Waals surface area contributed by atoms with Gasteiger partial charge in [-0.15, -0.1) is 0 Å². The summed E-state index contributed by atoms with van der Waals surface area (Å²) in [6, 6.07) is 10.8. The van der Waals surface area contributed by atoms with E-state index in [1.807, 2.05) is 45.0 Å². The normalized spacial score (nSPS) is 12.7. The number of anilines is 1. The number of halogens is 3. The molecular weight excluding hydrogens is 565 g/mol. The summed E-state index contributed by atoms with van der Waals surface area (Å²) < 4.78 is 27.0. The molecule has 186 valence electrons. The number of hydrogen-bond donors (Lipinski definition) is 1. The van der Waals surface area contributed by atoms with Crippen molar-refractivity contribution in [1.29, 1.82) is 0 Å². The van der Waals surface area contributed by atoms with Gasteiger partial charge in [0.1, 0.15) is 12.6 Å². The Balaban J connectivity index is 2.43. The van der Waals surface area contributed by atoms with E-state index in [0.29, 0.717) is 5.02 Å². The summed E-state index contributed by atoms with van der Waals surface area (Å²) in [5, 5.41) is 3.29. The summed E-state index contributed by atoms with van der Waals surface area (Å²) >= 11 is 15.6. The summed E-state index contributed by atoms with van der Waals surface area (Å²) in [5.41, 5.74) is 0.396. The third-order valence-electron chi connectivity index (χ3n) is 4.79. The van der Waals surface area contributed by atoms with Gasteiger partial charge in [0, 0.05) is 21.6 Å². The molecule has 0 saturated heterocycles. The smallest absolute Gasteiger partial charge is 0.244 e. The molecule has 0 radical (unpaired) electrons. The molecule has 0 fully saturated rings. The van der Waals surface area contributed by atoms with Gasteiger partial charge in [-0.2, -0.15) is 0 Å². The lowest BCUT2D eigenvalue weighted by molar-refractivity contribution is -0.140. The van der Waals surface area contributed by atoms with Crippen molar-refractivity contribution in [3.63, 3.8) is 0 Å². The van der Waals surface area contributed by atoms with Crippen LogP contribution in [0.4, 0.5) is 5.69 Å². The second-order valence-electron chi connectivity index (χ2n) is 8.93. The van der Waals surface area contributed by atoms with Crippen LogP contribution in [0.5, 0.6) is 0 Å². The van der Waals surface area contributed by atoms with Crippen LogP contribution in [-0.2, 0) is 26.2 Å². The molecule has 2 rings (SSSR count). The monoisotopic (exact) mass is 591 g/mol. The van der Waals surface area contributed by atoms with Gasteiger partial charge in [-0.1, -0.05) is 51.3 Å². The van der Waals surface area contributed by atoms with Crippen LogP contribution in [0.3, 0.4) is 0 Å². The molecule has 2 amide bonds. The maximum atomic E-state index is 13.5. The van der Waals surface area contributed by atoms with Crippen LogP contribution in [0.2, 0.25) is 10.0 Å². The van der Waals surface area contributed by atoms with Gasteiger partial charge in [-0.05, 0) is 63.6 Å². The highest BCUT2D eigenvalue weighted by Crippen LogP contribution is 2.30. The standard InChI is InChI=1S/C23H28BrCl2N3O4S/c1-15(22(31)27-23(2,3)4)28(13-16-6-8-17(24)9-7-16)21(30)14-29(34(5,32)33)20-11-10-18(25)12-19(20)26/h6-12,15H,13-14H2,1-5H3,(H,27,31). The van der Waals surface area contributed by atoms with Crippen molar-refractivity contribution in [2.24, 2.45) is 0 Å². The van der Waals surface area contributed by atoms with E-state index in [-0.39, 0.29) is 23.2 Å². The fourth-order valence-corrected chi connectivity index (χ4v) is 4.81. The van der Waals surface area contributed by atoms with E-state index in [2.05, 4.69) is 21.2 Å². The zero-order chi connectivity index (χ0) is 25.8. The van der Waals surface area contributed by atoms with Gasteiger partial charge >= 0.3 is 0 Å². The fourth-order valence-electron chi connectivity index (χ4n) is 3.12. The van der Waals surface area contributed by atoms with Crippen molar-refractivity contribution in [2.75, 3.05) is 17.1 Å². The van der Waals surface area contributed by atoms with Crippen molar-refractivity contribution >= 4 is 66.7 Å². The summed E-state index contributed by atoms with van der Waals surface area (Å²) in [5.74, 6) is -0.913. The molecule has 0 aliphatic rings. The van der Waals surface area contributed by atoms with Crippen molar-refractivity contribution in [1.82, 2.24) is 10.2 Å². The van der Waals surface area contributed by atoms with Gasteiger partial charge in [-0.25, -0.2) is 8.42 Å². The largest absolute Gasteiger partial charge is 0.350 e. The first-order chi connectivity index (χ1) is 15.6. The first kappa shape index (κ1) is 28.4. The maximum absolute atomic E-state index is 13.5. The quantitative estimate of drug-likeness (QED) is 0.474. The van der Waals surface area contributed by atoms with Gasteiger partial charge in [0.15, 0.2) is 0 Å². The van der Waals surface area contributed by atoms with Gasteiger partial charge in [0.05, 0.1) is 17.0 Å². The lowest BCUT2D eigenvalue weighted by atomic mass is 10.1. The van der Waals surface area contributed by atoms with Crippen LogP contribution in [0, 0.1) is 0 Å². The third-order valence-corrected chi connectivity index (χ3v) is 6.98. The molecule has 2 aromatic rings. The van der Waals surface area contributed by atoms with E-state index >= 15 is 0 Å². The molecule has 7 nitrogen and oxygen atoms in total. The molecule has 0 aliphatic heterocycles. The Hall–Kier alpha value is -1.81.